The van der Waals surface area contributed by atoms with E-state index in [4.69, 9.17) is 4.74 Å². The van der Waals surface area contributed by atoms with Crippen LogP contribution >= 0.6 is 0 Å². The largest absolute Gasteiger partial charge is 0.492 e. The Morgan fingerprint density at radius 1 is 1.08 bits per heavy atom. The van der Waals surface area contributed by atoms with Crippen molar-refractivity contribution >= 4 is 17.5 Å². The van der Waals surface area contributed by atoms with E-state index in [2.05, 4.69) is 5.32 Å². The maximum absolute atomic E-state index is 11.9. The van der Waals surface area contributed by atoms with Crippen LogP contribution in [0.3, 0.4) is 0 Å². The van der Waals surface area contributed by atoms with E-state index in [0.29, 0.717) is 18.0 Å². The molecule has 0 aromatic heterocycles. The van der Waals surface area contributed by atoms with Crippen LogP contribution in [0, 0.1) is 0 Å². The van der Waals surface area contributed by atoms with Gasteiger partial charge in [-0.1, -0.05) is 0 Å². The zero-order chi connectivity index (χ0) is 18.3. The number of hydrogen-bond acceptors (Lipinski definition) is 6. The topological polar surface area (TPSA) is 102 Å². The fourth-order valence-electron chi connectivity index (χ4n) is 1.74. The number of aliphatic hydroxyl groups is 2. The highest BCUT2D eigenvalue weighted by atomic mass is 16.5. The molecule has 0 aliphatic rings. The maximum atomic E-state index is 11.9. The van der Waals surface area contributed by atoms with Crippen LogP contribution < -0.4 is 10.1 Å². The minimum Gasteiger partial charge on any atom is -0.492 e. The smallest absolute Gasteiger partial charge is 0.256 e. The lowest BCUT2D eigenvalue weighted by atomic mass is 10.1. The van der Waals surface area contributed by atoms with E-state index in [9.17, 15) is 19.8 Å². The molecule has 8 heteroatoms. The summed E-state index contributed by atoms with van der Waals surface area (Å²) in [6.07, 6.45) is -3.66. The third-order valence-electron chi connectivity index (χ3n) is 3.19. The van der Waals surface area contributed by atoms with Crippen molar-refractivity contribution < 1.29 is 24.5 Å². The highest BCUT2D eigenvalue weighted by Gasteiger charge is 2.31. The fraction of sp³-hybridized carbons (Fsp3) is 0.500. The van der Waals surface area contributed by atoms with Crippen LogP contribution in [0.5, 0.6) is 5.75 Å². The van der Waals surface area contributed by atoms with Gasteiger partial charge in [0.15, 0.2) is 12.2 Å². The zero-order valence-corrected chi connectivity index (χ0v) is 14.4. The minimum atomic E-state index is -1.85. The van der Waals surface area contributed by atoms with Gasteiger partial charge in [0.2, 0.25) is 0 Å². The fourth-order valence-corrected chi connectivity index (χ4v) is 1.74. The quantitative estimate of drug-likeness (QED) is 0.583. The SMILES string of the molecule is CN(C)CCOc1ccc(NC(=O)[C@H](O)[C@@H](O)C(=O)N(C)C)cc1. The summed E-state index contributed by atoms with van der Waals surface area (Å²) in [5.41, 5.74) is 0.420. The van der Waals surface area contributed by atoms with Crippen molar-refractivity contribution in [2.75, 3.05) is 46.7 Å². The molecule has 0 unspecified atom stereocenters. The van der Waals surface area contributed by atoms with Crippen molar-refractivity contribution in [2.24, 2.45) is 0 Å². The van der Waals surface area contributed by atoms with Crippen molar-refractivity contribution in [2.45, 2.75) is 12.2 Å². The summed E-state index contributed by atoms with van der Waals surface area (Å²) in [7, 11) is 6.74. The number of anilines is 1. The van der Waals surface area contributed by atoms with Gasteiger partial charge in [0.05, 0.1) is 0 Å². The monoisotopic (exact) mass is 339 g/mol. The van der Waals surface area contributed by atoms with Crippen molar-refractivity contribution in [3.05, 3.63) is 24.3 Å². The summed E-state index contributed by atoms with van der Waals surface area (Å²) in [4.78, 5) is 26.5. The minimum absolute atomic E-state index is 0.420. The van der Waals surface area contributed by atoms with Gasteiger partial charge in [0.25, 0.3) is 11.8 Å². The van der Waals surface area contributed by atoms with Crippen LogP contribution in [-0.4, -0.2) is 85.4 Å². The molecule has 0 saturated carbocycles. The highest BCUT2D eigenvalue weighted by molar-refractivity contribution is 5.98. The number of ether oxygens (including phenoxy) is 1. The van der Waals surface area contributed by atoms with Gasteiger partial charge in [-0.2, -0.15) is 0 Å². The normalized spacial score (nSPS) is 13.3. The number of aliphatic hydroxyl groups excluding tert-OH is 2. The van der Waals surface area contributed by atoms with Gasteiger partial charge in [0.1, 0.15) is 12.4 Å². The number of nitrogens with zero attached hydrogens (tertiary/aromatic N) is 2. The second-order valence-electron chi connectivity index (χ2n) is 5.79. The number of benzene rings is 1. The van der Waals surface area contributed by atoms with Crippen molar-refractivity contribution in [3.63, 3.8) is 0 Å². The highest BCUT2D eigenvalue weighted by Crippen LogP contribution is 2.16. The average molecular weight is 339 g/mol. The molecule has 0 aliphatic heterocycles. The first kappa shape index (κ1) is 19.9. The summed E-state index contributed by atoms with van der Waals surface area (Å²) in [6.45, 7) is 1.32. The van der Waals surface area contributed by atoms with Crippen LogP contribution in [0.25, 0.3) is 0 Å². The average Bonchev–Trinajstić information content (AvgIpc) is 2.53. The molecule has 0 aliphatic carbocycles. The van der Waals surface area contributed by atoms with E-state index >= 15 is 0 Å². The molecule has 1 aromatic rings. The Morgan fingerprint density at radius 3 is 2.17 bits per heavy atom. The molecule has 0 radical (unpaired) electrons. The molecular weight excluding hydrogens is 314 g/mol. The molecule has 1 aromatic carbocycles. The van der Waals surface area contributed by atoms with E-state index < -0.39 is 24.0 Å². The molecule has 2 amide bonds. The first-order valence-electron chi connectivity index (χ1n) is 7.48. The first-order valence-corrected chi connectivity index (χ1v) is 7.48. The van der Waals surface area contributed by atoms with Gasteiger partial charge in [0, 0.05) is 26.3 Å². The molecule has 0 spiro atoms. The Kier molecular flexibility index (Phi) is 7.63. The van der Waals surface area contributed by atoms with Crippen LogP contribution in [0.15, 0.2) is 24.3 Å². The van der Waals surface area contributed by atoms with E-state index in [1.807, 2.05) is 19.0 Å². The van der Waals surface area contributed by atoms with Crippen LogP contribution in [0.2, 0.25) is 0 Å². The summed E-state index contributed by atoms with van der Waals surface area (Å²) in [5, 5.41) is 21.9. The molecule has 2 atom stereocenters. The molecule has 0 fully saturated rings. The number of amides is 2. The number of hydrogen-bond donors (Lipinski definition) is 3. The molecule has 3 N–H and O–H groups in total. The van der Waals surface area contributed by atoms with Gasteiger partial charge in [-0.3, -0.25) is 9.59 Å². The molecule has 24 heavy (non-hydrogen) atoms. The van der Waals surface area contributed by atoms with Crippen LogP contribution in [0.4, 0.5) is 5.69 Å². The molecule has 1 rings (SSSR count). The first-order chi connectivity index (χ1) is 11.2. The van der Waals surface area contributed by atoms with E-state index in [-0.39, 0.29) is 0 Å². The summed E-state index contributed by atoms with van der Waals surface area (Å²) in [5.74, 6) is -0.959. The van der Waals surface area contributed by atoms with Crippen LogP contribution in [0.1, 0.15) is 0 Å². The Bertz CT molecular complexity index is 545. The molecule has 8 nitrogen and oxygen atoms in total. The van der Waals surface area contributed by atoms with Gasteiger partial charge >= 0.3 is 0 Å². The maximum Gasteiger partial charge on any atom is 0.256 e. The van der Waals surface area contributed by atoms with Gasteiger partial charge in [-0.25, -0.2) is 0 Å². The summed E-state index contributed by atoms with van der Waals surface area (Å²) >= 11 is 0. The molecular formula is C16H25N3O5. The van der Waals surface area contributed by atoms with Gasteiger partial charge in [-0.05, 0) is 38.4 Å². The molecule has 0 heterocycles. The molecule has 134 valence electrons. The Balaban J connectivity index is 2.56. The summed E-state index contributed by atoms with van der Waals surface area (Å²) in [6, 6.07) is 6.57. The number of carbonyl (C=O) groups is 2. The third-order valence-corrected chi connectivity index (χ3v) is 3.19. The second-order valence-corrected chi connectivity index (χ2v) is 5.79. The van der Waals surface area contributed by atoms with Crippen LogP contribution in [-0.2, 0) is 9.59 Å². The Hall–Kier alpha value is -2.16. The van der Waals surface area contributed by atoms with Crippen molar-refractivity contribution in [1.29, 1.82) is 0 Å². The molecule has 0 saturated heterocycles. The van der Waals surface area contributed by atoms with E-state index in [1.54, 1.807) is 24.3 Å². The number of nitrogens with one attached hydrogen (secondary N) is 1. The lowest BCUT2D eigenvalue weighted by Crippen LogP contribution is -2.47. The Morgan fingerprint density at radius 2 is 1.67 bits per heavy atom. The van der Waals surface area contributed by atoms with Gasteiger partial charge < -0.3 is 30.1 Å². The molecule has 0 bridgehead atoms. The van der Waals surface area contributed by atoms with Crippen molar-refractivity contribution in [3.8, 4) is 5.75 Å². The predicted octanol–water partition coefficient (Wildman–Crippen LogP) is -0.624. The lowest BCUT2D eigenvalue weighted by molar-refractivity contribution is -0.149. The van der Waals surface area contributed by atoms with Gasteiger partial charge in [-0.15, -0.1) is 0 Å². The zero-order valence-electron chi connectivity index (χ0n) is 14.4. The van der Waals surface area contributed by atoms with Crippen molar-refractivity contribution in [1.82, 2.24) is 9.80 Å². The number of likely N-dealkylation sites (N-methyl/N-ethyl adjacent to an activating group) is 2. The third kappa shape index (κ3) is 6.15. The Labute approximate surface area is 141 Å². The summed E-state index contributed by atoms with van der Waals surface area (Å²) < 4.78 is 5.53. The number of carbonyl (C=O) groups excluding carboxylic acids is 2. The standard InChI is InChI=1S/C16H25N3O5/c1-18(2)9-10-24-12-7-5-11(6-8-12)17-15(22)13(20)14(21)16(23)19(3)4/h5-8,13-14,20-21H,9-10H2,1-4H3,(H,17,22)/t13-,14-/m1/s1. The second kappa shape index (κ2) is 9.21. The van der Waals surface area contributed by atoms with E-state index in [1.165, 1.54) is 14.1 Å². The predicted molar refractivity (Wildman–Crippen MR) is 89.8 cm³/mol. The lowest BCUT2D eigenvalue weighted by Gasteiger charge is -2.20. The van der Waals surface area contributed by atoms with E-state index in [0.717, 1.165) is 11.4 Å². The number of rotatable bonds is 8.